The normalized spacial score (nSPS) is 13.4. The topological polar surface area (TPSA) is 3.24 Å². The Bertz CT molecular complexity index is 1220. The molecule has 0 aliphatic heterocycles. The summed E-state index contributed by atoms with van der Waals surface area (Å²) in [5.74, 6) is 0. The monoisotopic (exact) mass is 387 g/mol. The molecule has 0 bridgehead atoms. The van der Waals surface area contributed by atoms with Gasteiger partial charge in [-0.1, -0.05) is 87.2 Å². The zero-order chi connectivity index (χ0) is 20.7. The molecule has 0 atom stereocenters. The van der Waals surface area contributed by atoms with E-state index in [0.29, 0.717) is 0 Å². The predicted octanol–water partition coefficient (Wildman–Crippen LogP) is 8.11. The van der Waals surface area contributed by atoms with Gasteiger partial charge in [0.25, 0.3) is 0 Å². The highest BCUT2D eigenvalue weighted by atomic mass is 15.1. The molecule has 146 valence electrons. The average Bonchev–Trinajstić information content (AvgIpc) is 3.02. The number of nitrogens with zero attached hydrogens (tertiary/aromatic N) is 1. The summed E-state index contributed by atoms with van der Waals surface area (Å²) in [4.78, 5) is 2.33. The molecule has 30 heavy (non-hydrogen) atoms. The molecule has 0 amide bonds. The van der Waals surface area contributed by atoms with Crippen molar-refractivity contribution in [3.05, 3.63) is 120 Å². The second-order valence-electron chi connectivity index (χ2n) is 8.37. The van der Waals surface area contributed by atoms with Crippen LogP contribution in [-0.2, 0) is 5.41 Å². The Kier molecular flexibility index (Phi) is 4.33. The van der Waals surface area contributed by atoms with Crippen LogP contribution >= 0.6 is 0 Å². The number of para-hydroxylation sites is 1. The smallest absolute Gasteiger partial charge is 0.0465 e. The van der Waals surface area contributed by atoms with Gasteiger partial charge in [-0.3, -0.25) is 0 Å². The van der Waals surface area contributed by atoms with Gasteiger partial charge >= 0.3 is 0 Å². The highest BCUT2D eigenvalue weighted by Crippen LogP contribution is 2.50. The minimum Gasteiger partial charge on any atom is -0.310 e. The lowest BCUT2D eigenvalue weighted by Crippen LogP contribution is -2.16. The summed E-state index contributed by atoms with van der Waals surface area (Å²) in [7, 11) is 0. The molecule has 1 heteroatoms. The van der Waals surface area contributed by atoms with Crippen LogP contribution in [0.4, 0.5) is 17.1 Å². The van der Waals surface area contributed by atoms with E-state index in [-0.39, 0.29) is 5.41 Å². The molecule has 1 aliphatic rings. The number of rotatable bonds is 4. The van der Waals surface area contributed by atoms with Gasteiger partial charge in [0.1, 0.15) is 0 Å². The van der Waals surface area contributed by atoms with Gasteiger partial charge in [0.05, 0.1) is 0 Å². The third-order valence-corrected chi connectivity index (χ3v) is 6.23. The molecule has 0 heterocycles. The van der Waals surface area contributed by atoms with Crippen LogP contribution in [0, 0.1) is 0 Å². The van der Waals surface area contributed by atoms with E-state index >= 15 is 0 Å². The molecule has 0 aromatic heterocycles. The zero-order valence-corrected chi connectivity index (χ0v) is 17.5. The Balaban J connectivity index is 1.68. The molecule has 0 saturated carbocycles. The molecule has 4 aromatic rings. The summed E-state index contributed by atoms with van der Waals surface area (Å²) in [6, 6.07) is 34.8. The van der Waals surface area contributed by atoms with Gasteiger partial charge in [-0.05, 0) is 64.2 Å². The Hall–Kier alpha value is -3.58. The van der Waals surface area contributed by atoms with Crippen LogP contribution in [0.1, 0.15) is 30.5 Å². The molecular formula is C29H25N. The quantitative estimate of drug-likeness (QED) is 0.342. The predicted molar refractivity (Wildman–Crippen MR) is 129 cm³/mol. The van der Waals surface area contributed by atoms with Crippen LogP contribution in [0.25, 0.3) is 17.2 Å². The summed E-state index contributed by atoms with van der Waals surface area (Å²) in [6.45, 7) is 8.54. The first-order chi connectivity index (χ1) is 14.6. The van der Waals surface area contributed by atoms with Crippen LogP contribution in [0.3, 0.4) is 0 Å². The van der Waals surface area contributed by atoms with Gasteiger partial charge in [-0.25, -0.2) is 0 Å². The van der Waals surface area contributed by atoms with Crippen LogP contribution in [0.5, 0.6) is 0 Å². The Morgan fingerprint density at radius 2 is 1.23 bits per heavy atom. The summed E-state index contributed by atoms with van der Waals surface area (Å²) in [5, 5.41) is 0. The van der Waals surface area contributed by atoms with E-state index in [1.54, 1.807) is 0 Å². The van der Waals surface area contributed by atoms with Crippen LogP contribution < -0.4 is 4.90 Å². The number of hydrogen-bond acceptors (Lipinski definition) is 1. The summed E-state index contributed by atoms with van der Waals surface area (Å²) >= 11 is 0. The fourth-order valence-corrected chi connectivity index (χ4v) is 4.62. The molecule has 0 saturated heterocycles. The van der Waals surface area contributed by atoms with Crippen molar-refractivity contribution in [2.45, 2.75) is 19.3 Å². The molecule has 0 fully saturated rings. The minimum absolute atomic E-state index is 0.0169. The SMILES string of the molecule is C=Cc1ccc(N(c2ccccc2)c2ccc3c(c2)C(C)(C)c2ccccc2-3)cc1. The lowest BCUT2D eigenvalue weighted by molar-refractivity contribution is 0.660. The number of fused-ring (bicyclic) bond motifs is 3. The molecule has 1 nitrogen and oxygen atoms in total. The van der Waals surface area contributed by atoms with Crippen molar-refractivity contribution in [1.29, 1.82) is 0 Å². The van der Waals surface area contributed by atoms with Crippen molar-refractivity contribution >= 4 is 23.1 Å². The lowest BCUT2D eigenvalue weighted by atomic mass is 9.82. The second-order valence-corrected chi connectivity index (χ2v) is 8.37. The molecular weight excluding hydrogens is 362 g/mol. The molecule has 0 N–H and O–H groups in total. The van der Waals surface area contributed by atoms with E-state index in [0.717, 1.165) is 16.9 Å². The first-order valence-electron chi connectivity index (χ1n) is 10.4. The standard InChI is InChI=1S/C29H25N/c1-4-21-14-16-23(17-15-21)30(22-10-6-5-7-11-22)24-18-19-26-25-12-8-9-13-27(25)29(2,3)28(26)20-24/h4-20H,1H2,2-3H3. The average molecular weight is 388 g/mol. The van der Waals surface area contributed by atoms with Gasteiger partial charge < -0.3 is 4.90 Å². The molecule has 0 spiro atoms. The van der Waals surface area contributed by atoms with E-state index in [1.165, 1.54) is 27.9 Å². The first kappa shape index (κ1) is 18.4. The zero-order valence-electron chi connectivity index (χ0n) is 17.5. The largest absolute Gasteiger partial charge is 0.310 e. The number of benzene rings is 4. The van der Waals surface area contributed by atoms with Gasteiger partial charge in [0.2, 0.25) is 0 Å². The van der Waals surface area contributed by atoms with Crippen molar-refractivity contribution in [3.63, 3.8) is 0 Å². The van der Waals surface area contributed by atoms with Crippen molar-refractivity contribution in [1.82, 2.24) is 0 Å². The van der Waals surface area contributed by atoms with E-state index in [4.69, 9.17) is 0 Å². The third-order valence-electron chi connectivity index (χ3n) is 6.23. The van der Waals surface area contributed by atoms with Crippen molar-refractivity contribution in [2.24, 2.45) is 0 Å². The maximum absolute atomic E-state index is 3.88. The fourth-order valence-electron chi connectivity index (χ4n) is 4.62. The Morgan fingerprint density at radius 3 is 1.97 bits per heavy atom. The molecule has 4 aromatic carbocycles. The molecule has 5 rings (SSSR count). The van der Waals surface area contributed by atoms with Gasteiger partial charge in [-0.2, -0.15) is 0 Å². The van der Waals surface area contributed by atoms with E-state index in [2.05, 4.69) is 122 Å². The first-order valence-corrected chi connectivity index (χ1v) is 10.4. The lowest BCUT2D eigenvalue weighted by Gasteiger charge is -2.28. The van der Waals surface area contributed by atoms with Crippen molar-refractivity contribution < 1.29 is 0 Å². The third kappa shape index (κ3) is 2.86. The highest BCUT2D eigenvalue weighted by Gasteiger charge is 2.35. The fraction of sp³-hybridized carbons (Fsp3) is 0.103. The molecule has 1 aliphatic carbocycles. The van der Waals surface area contributed by atoms with E-state index in [1.807, 2.05) is 6.08 Å². The highest BCUT2D eigenvalue weighted by molar-refractivity contribution is 5.85. The Labute approximate surface area is 178 Å². The van der Waals surface area contributed by atoms with Crippen molar-refractivity contribution in [3.8, 4) is 11.1 Å². The second kappa shape index (κ2) is 7.03. The van der Waals surface area contributed by atoms with Gasteiger partial charge in [0, 0.05) is 22.5 Å². The molecule has 0 unspecified atom stereocenters. The van der Waals surface area contributed by atoms with Crippen LogP contribution in [-0.4, -0.2) is 0 Å². The summed E-state index contributed by atoms with van der Waals surface area (Å²) in [6.07, 6.45) is 1.88. The van der Waals surface area contributed by atoms with E-state index < -0.39 is 0 Å². The molecule has 0 radical (unpaired) electrons. The maximum Gasteiger partial charge on any atom is 0.0465 e. The van der Waals surface area contributed by atoms with Crippen LogP contribution in [0.2, 0.25) is 0 Å². The van der Waals surface area contributed by atoms with Crippen LogP contribution in [0.15, 0.2) is 104 Å². The minimum atomic E-state index is -0.0169. The van der Waals surface area contributed by atoms with Crippen molar-refractivity contribution in [2.75, 3.05) is 4.90 Å². The van der Waals surface area contributed by atoms with Gasteiger partial charge in [0.15, 0.2) is 0 Å². The van der Waals surface area contributed by atoms with Gasteiger partial charge in [-0.15, -0.1) is 0 Å². The summed E-state index contributed by atoms with van der Waals surface area (Å²) < 4.78 is 0. The summed E-state index contributed by atoms with van der Waals surface area (Å²) in [5.41, 5.74) is 10.0. The Morgan fingerprint density at radius 1 is 0.633 bits per heavy atom. The number of hydrogen-bond donors (Lipinski definition) is 0. The number of anilines is 3. The van der Waals surface area contributed by atoms with E-state index in [9.17, 15) is 0 Å². The maximum atomic E-state index is 3.88.